The predicted octanol–water partition coefficient (Wildman–Crippen LogP) is 5.53. The number of nitrogens with one attached hydrogen (secondary N) is 2. The van der Waals surface area contributed by atoms with Gasteiger partial charge in [0, 0.05) is 23.5 Å². The van der Waals surface area contributed by atoms with Crippen molar-refractivity contribution in [2.24, 2.45) is 0 Å². The van der Waals surface area contributed by atoms with E-state index in [9.17, 15) is 4.79 Å². The van der Waals surface area contributed by atoms with Crippen LogP contribution in [0.5, 0.6) is 0 Å². The normalized spacial score (nSPS) is 10.7. The summed E-state index contributed by atoms with van der Waals surface area (Å²) in [6.45, 7) is 4.77. The lowest BCUT2D eigenvalue weighted by Crippen LogP contribution is -2.23. The molecule has 0 atom stereocenters. The van der Waals surface area contributed by atoms with Crippen LogP contribution in [0.2, 0.25) is 5.02 Å². The smallest absolute Gasteiger partial charge is 0.253 e. The SMILES string of the molecule is CC(C)c1ccc(Nc2cncc(C(=O)NCc3ccc(Cl)cc3)c2)cc1. The van der Waals surface area contributed by atoms with E-state index < -0.39 is 0 Å². The average molecular weight is 380 g/mol. The van der Waals surface area contributed by atoms with Crippen molar-refractivity contribution in [1.82, 2.24) is 10.3 Å². The second kappa shape index (κ2) is 8.69. The summed E-state index contributed by atoms with van der Waals surface area (Å²) in [6, 6.07) is 17.4. The average Bonchev–Trinajstić information content (AvgIpc) is 2.68. The molecule has 2 aromatic carbocycles. The number of aromatic nitrogens is 1. The Morgan fingerprint density at radius 3 is 2.37 bits per heavy atom. The van der Waals surface area contributed by atoms with E-state index in [-0.39, 0.29) is 5.91 Å². The van der Waals surface area contributed by atoms with Gasteiger partial charge in [0.05, 0.1) is 17.4 Å². The molecule has 0 fully saturated rings. The van der Waals surface area contributed by atoms with Gasteiger partial charge < -0.3 is 10.6 Å². The summed E-state index contributed by atoms with van der Waals surface area (Å²) in [7, 11) is 0. The molecular formula is C22H22ClN3O. The molecule has 0 saturated carbocycles. The van der Waals surface area contributed by atoms with E-state index in [1.54, 1.807) is 30.6 Å². The first kappa shape index (κ1) is 18.9. The fourth-order valence-corrected chi connectivity index (χ4v) is 2.76. The molecule has 0 spiro atoms. The molecule has 0 aliphatic carbocycles. The fourth-order valence-electron chi connectivity index (χ4n) is 2.64. The third kappa shape index (κ3) is 5.31. The summed E-state index contributed by atoms with van der Waals surface area (Å²) in [4.78, 5) is 16.6. The number of hydrogen-bond donors (Lipinski definition) is 2. The summed E-state index contributed by atoms with van der Waals surface area (Å²) in [5.74, 6) is 0.324. The molecule has 2 N–H and O–H groups in total. The topological polar surface area (TPSA) is 54.0 Å². The largest absolute Gasteiger partial charge is 0.354 e. The minimum atomic E-state index is -0.170. The fraction of sp³-hybridized carbons (Fsp3) is 0.182. The molecule has 138 valence electrons. The van der Waals surface area contributed by atoms with Gasteiger partial charge in [-0.2, -0.15) is 0 Å². The maximum atomic E-state index is 12.4. The van der Waals surface area contributed by atoms with E-state index in [0.717, 1.165) is 16.9 Å². The van der Waals surface area contributed by atoms with Crippen molar-refractivity contribution >= 4 is 28.9 Å². The summed E-state index contributed by atoms with van der Waals surface area (Å²) in [5.41, 5.74) is 4.51. The van der Waals surface area contributed by atoms with Crippen LogP contribution in [-0.2, 0) is 6.54 Å². The Hall–Kier alpha value is -2.85. The zero-order valence-corrected chi connectivity index (χ0v) is 16.1. The lowest BCUT2D eigenvalue weighted by molar-refractivity contribution is 0.0950. The molecular weight excluding hydrogens is 358 g/mol. The number of benzene rings is 2. The molecule has 3 rings (SSSR count). The van der Waals surface area contributed by atoms with Gasteiger partial charge in [0.15, 0.2) is 0 Å². The van der Waals surface area contributed by atoms with Gasteiger partial charge in [-0.25, -0.2) is 0 Å². The number of carbonyl (C=O) groups excluding carboxylic acids is 1. The van der Waals surface area contributed by atoms with E-state index in [1.807, 2.05) is 24.3 Å². The van der Waals surface area contributed by atoms with Gasteiger partial charge >= 0.3 is 0 Å². The molecule has 0 aliphatic heterocycles. The van der Waals surface area contributed by atoms with Crippen molar-refractivity contribution < 1.29 is 4.79 Å². The monoisotopic (exact) mass is 379 g/mol. The molecule has 3 aromatic rings. The molecule has 0 saturated heterocycles. The van der Waals surface area contributed by atoms with Crippen LogP contribution >= 0.6 is 11.6 Å². The van der Waals surface area contributed by atoms with Crippen LogP contribution < -0.4 is 10.6 Å². The Labute approximate surface area is 164 Å². The summed E-state index contributed by atoms with van der Waals surface area (Å²) in [5, 5.41) is 6.86. The Morgan fingerprint density at radius 2 is 1.70 bits per heavy atom. The van der Waals surface area contributed by atoms with Gasteiger partial charge in [-0.15, -0.1) is 0 Å². The minimum Gasteiger partial charge on any atom is -0.354 e. The highest BCUT2D eigenvalue weighted by Crippen LogP contribution is 2.20. The van der Waals surface area contributed by atoms with Crippen LogP contribution in [0, 0.1) is 0 Å². The number of pyridine rings is 1. The first-order chi connectivity index (χ1) is 13.0. The number of nitrogens with zero attached hydrogens (tertiary/aromatic N) is 1. The molecule has 1 amide bonds. The number of halogens is 1. The summed E-state index contributed by atoms with van der Waals surface area (Å²) in [6.07, 6.45) is 3.26. The number of carbonyl (C=O) groups is 1. The predicted molar refractivity (Wildman–Crippen MR) is 111 cm³/mol. The number of hydrogen-bond acceptors (Lipinski definition) is 3. The van der Waals surface area contributed by atoms with Gasteiger partial charge in [-0.1, -0.05) is 49.7 Å². The van der Waals surface area contributed by atoms with E-state index in [2.05, 4.69) is 41.6 Å². The van der Waals surface area contributed by atoms with E-state index in [1.165, 1.54) is 5.56 Å². The van der Waals surface area contributed by atoms with Gasteiger partial charge in [0.25, 0.3) is 5.91 Å². The Bertz CT molecular complexity index is 906. The van der Waals surface area contributed by atoms with Crippen LogP contribution in [0.4, 0.5) is 11.4 Å². The molecule has 1 aromatic heterocycles. The lowest BCUT2D eigenvalue weighted by Gasteiger charge is -2.10. The van der Waals surface area contributed by atoms with Crippen molar-refractivity contribution in [1.29, 1.82) is 0 Å². The highest BCUT2D eigenvalue weighted by atomic mass is 35.5. The zero-order chi connectivity index (χ0) is 19.2. The third-order valence-electron chi connectivity index (χ3n) is 4.23. The lowest BCUT2D eigenvalue weighted by atomic mass is 10.0. The summed E-state index contributed by atoms with van der Waals surface area (Å²) < 4.78 is 0. The molecule has 1 heterocycles. The van der Waals surface area contributed by atoms with Crippen molar-refractivity contribution in [2.45, 2.75) is 26.3 Å². The second-order valence-corrected chi connectivity index (χ2v) is 7.11. The van der Waals surface area contributed by atoms with Gasteiger partial charge in [-0.3, -0.25) is 9.78 Å². The second-order valence-electron chi connectivity index (χ2n) is 6.67. The summed E-state index contributed by atoms with van der Waals surface area (Å²) >= 11 is 5.88. The molecule has 0 radical (unpaired) electrons. The third-order valence-corrected chi connectivity index (χ3v) is 4.48. The van der Waals surface area contributed by atoms with Crippen molar-refractivity contribution in [3.8, 4) is 0 Å². The Balaban J connectivity index is 1.63. The molecule has 5 heteroatoms. The van der Waals surface area contributed by atoms with Crippen molar-refractivity contribution in [3.05, 3.63) is 88.7 Å². The van der Waals surface area contributed by atoms with Crippen LogP contribution in [0.15, 0.2) is 67.0 Å². The van der Waals surface area contributed by atoms with Crippen LogP contribution in [-0.4, -0.2) is 10.9 Å². The zero-order valence-electron chi connectivity index (χ0n) is 15.4. The maximum Gasteiger partial charge on any atom is 0.253 e. The molecule has 27 heavy (non-hydrogen) atoms. The van der Waals surface area contributed by atoms with Crippen molar-refractivity contribution in [3.63, 3.8) is 0 Å². The first-order valence-corrected chi connectivity index (χ1v) is 9.24. The number of anilines is 2. The van der Waals surface area contributed by atoms with Crippen LogP contribution in [0.1, 0.15) is 41.3 Å². The number of amides is 1. The Kier molecular flexibility index (Phi) is 6.09. The highest BCUT2D eigenvalue weighted by molar-refractivity contribution is 6.30. The highest BCUT2D eigenvalue weighted by Gasteiger charge is 2.07. The maximum absolute atomic E-state index is 12.4. The van der Waals surface area contributed by atoms with Gasteiger partial charge in [0.2, 0.25) is 0 Å². The van der Waals surface area contributed by atoms with Crippen LogP contribution in [0.25, 0.3) is 0 Å². The quantitative estimate of drug-likeness (QED) is 0.591. The Morgan fingerprint density at radius 1 is 1.00 bits per heavy atom. The van der Waals surface area contributed by atoms with E-state index >= 15 is 0 Å². The van der Waals surface area contributed by atoms with Crippen LogP contribution in [0.3, 0.4) is 0 Å². The molecule has 0 unspecified atom stereocenters. The minimum absolute atomic E-state index is 0.170. The molecule has 0 aliphatic rings. The van der Waals surface area contributed by atoms with Gasteiger partial charge in [0.1, 0.15) is 0 Å². The van der Waals surface area contributed by atoms with Gasteiger partial charge in [-0.05, 0) is 47.4 Å². The first-order valence-electron chi connectivity index (χ1n) is 8.86. The number of rotatable bonds is 6. The van der Waals surface area contributed by atoms with Crippen molar-refractivity contribution in [2.75, 3.05) is 5.32 Å². The molecule has 4 nitrogen and oxygen atoms in total. The molecule has 0 bridgehead atoms. The van der Waals surface area contributed by atoms with E-state index in [0.29, 0.717) is 23.0 Å². The van der Waals surface area contributed by atoms with E-state index in [4.69, 9.17) is 11.6 Å². The standard InChI is InChI=1S/C22H22ClN3O/c1-15(2)17-5-9-20(10-6-17)26-21-11-18(13-24-14-21)22(27)25-12-16-3-7-19(23)8-4-16/h3-11,13-15,26H,12H2,1-2H3,(H,25,27).